The van der Waals surface area contributed by atoms with Gasteiger partial charge in [-0.1, -0.05) is 22.9 Å². The van der Waals surface area contributed by atoms with Gasteiger partial charge in [0.2, 0.25) is 5.91 Å². The van der Waals surface area contributed by atoms with E-state index in [2.05, 4.69) is 15.3 Å². The molecule has 3 heterocycles. The summed E-state index contributed by atoms with van der Waals surface area (Å²) in [7, 11) is 1.31. The van der Waals surface area contributed by atoms with E-state index < -0.39 is 11.8 Å². The van der Waals surface area contributed by atoms with Crippen LogP contribution in [0.3, 0.4) is 0 Å². The van der Waals surface area contributed by atoms with Crippen LogP contribution in [0.1, 0.15) is 23.3 Å². The van der Waals surface area contributed by atoms with Gasteiger partial charge in [0.15, 0.2) is 5.13 Å². The van der Waals surface area contributed by atoms with Crippen molar-refractivity contribution in [1.82, 2.24) is 9.97 Å². The van der Waals surface area contributed by atoms with Crippen LogP contribution in [0.5, 0.6) is 0 Å². The molecule has 1 aliphatic rings. The second kappa shape index (κ2) is 8.53. The summed E-state index contributed by atoms with van der Waals surface area (Å²) in [5.41, 5.74) is 1.50. The number of carbonyl (C=O) groups is 2. The number of halogens is 2. The minimum absolute atomic E-state index is 0.155. The first-order valence-electron chi connectivity index (χ1n) is 9.30. The Morgan fingerprint density at radius 1 is 1.37 bits per heavy atom. The van der Waals surface area contributed by atoms with E-state index in [1.54, 1.807) is 18.3 Å². The van der Waals surface area contributed by atoms with Crippen molar-refractivity contribution in [3.05, 3.63) is 47.0 Å². The molecular formula is C20H18ClFN4O3S. The van der Waals surface area contributed by atoms with E-state index in [4.69, 9.17) is 16.3 Å². The van der Waals surface area contributed by atoms with Crippen LogP contribution in [0.15, 0.2) is 30.5 Å². The zero-order valence-electron chi connectivity index (χ0n) is 16.0. The van der Waals surface area contributed by atoms with Crippen molar-refractivity contribution in [2.75, 3.05) is 30.4 Å². The molecule has 1 atom stereocenters. The lowest BCUT2D eigenvalue weighted by molar-refractivity contribution is -0.120. The largest absolute Gasteiger partial charge is 0.464 e. The van der Waals surface area contributed by atoms with Crippen LogP contribution in [0, 0.1) is 11.7 Å². The van der Waals surface area contributed by atoms with Gasteiger partial charge in [0, 0.05) is 25.0 Å². The highest BCUT2D eigenvalue weighted by atomic mass is 35.5. The zero-order valence-corrected chi connectivity index (χ0v) is 17.6. The van der Waals surface area contributed by atoms with E-state index in [9.17, 15) is 14.0 Å². The fraction of sp³-hybridized carbons (Fsp3) is 0.300. The summed E-state index contributed by atoms with van der Waals surface area (Å²) in [6, 6.07) is 6.01. The number of carbonyl (C=O) groups excluding carboxylic acids is 2. The first-order valence-corrected chi connectivity index (χ1v) is 10.5. The molecule has 7 nitrogen and oxygen atoms in total. The maximum Gasteiger partial charge on any atom is 0.356 e. The number of thiazole rings is 1. The number of ether oxygens (including phenoxy) is 1. The van der Waals surface area contributed by atoms with Gasteiger partial charge in [-0.25, -0.2) is 19.2 Å². The molecule has 1 saturated heterocycles. The maximum atomic E-state index is 13.5. The molecular weight excluding hydrogens is 431 g/mol. The Hall–Kier alpha value is -2.78. The molecule has 156 valence electrons. The van der Waals surface area contributed by atoms with Gasteiger partial charge < -0.3 is 15.0 Å². The topological polar surface area (TPSA) is 84.4 Å². The SMILES string of the molecule is COC(=O)c1cc(N2CCCC(C(=O)Nc3nc4c(Cl)cc(F)cc4s3)C2)ccn1. The Morgan fingerprint density at radius 2 is 2.20 bits per heavy atom. The van der Waals surface area contributed by atoms with Crippen LogP contribution in [0.4, 0.5) is 15.2 Å². The van der Waals surface area contributed by atoms with Crippen molar-refractivity contribution in [3.8, 4) is 0 Å². The fourth-order valence-electron chi connectivity index (χ4n) is 3.48. The molecule has 0 spiro atoms. The quantitative estimate of drug-likeness (QED) is 0.604. The zero-order chi connectivity index (χ0) is 21.3. The van der Waals surface area contributed by atoms with Gasteiger partial charge in [0.05, 0.1) is 22.8 Å². The number of anilines is 2. The lowest BCUT2D eigenvalue weighted by Gasteiger charge is -2.33. The van der Waals surface area contributed by atoms with Gasteiger partial charge in [-0.2, -0.15) is 0 Å². The number of rotatable bonds is 4. The molecule has 0 bridgehead atoms. The van der Waals surface area contributed by atoms with Gasteiger partial charge >= 0.3 is 5.97 Å². The normalized spacial score (nSPS) is 16.5. The molecule has 0 radical (unpaired) electrons. The Balaban J connectivity index is 1.48. The van der Waals surface area contributed by atoms with E-state index in [1.165, 1.54) is 30.6 Å². The Kier molecular flexibility index (Phi) is 5.83. The molecule has 10 heteroatoms. The average Bonchev–Trinajstić information content (AvgIpc) is 3.16. The summed E-state index contributed by atoms with van der Waals surface area (Å²) in [5.74, 6) is -1.36. The van der Waals surface area contributed by atoms with Crippen molar-refractivity contribution in [2.45, 2.75) is 12.8 Å². The lowest BCUT2D eigenvalue weighted by Crippen LogP contribution is -2.40. The van der Waals surface area contributed by atoms with Crippen LogP contribution in [-0.4, -0.2) is 42.0 Å². The molecule has 0 saturated carbocycles. The number of esters is 1. The number of fused-ring (bicyclic) bond motifs is 1. The molecule has 1 fully saturated rings. The predicted octanol–water partition coefficient (Wildman–Crippen LogP) is 4.13. The molecule has 4 rings (SSSR count). The number of aromatic nitrogens is 2. The third-order valence-corrected chi connectivity index (χ3v) is 6.14. The molecule has 3 aromatic rings. The third kappa shape index (κ3) is 4.22. The third-order valence-electron chi connectivity index (χ3n) is 4.94. The molecule has 2 aromatic heterocycles. The van der Waals surface area contributed by atoms with Gasteiger partial charge in [0.25, 0.3) is 0 Å². The molecule has 1 aliphatic heterocycles. The molecule has 1 unspecified atom stereocenters. The lowest BCUT2D eigenvalue weighted by atomic mass is 9.96. The van der Waals surface area contributed by atoms with Crippen LogP contribution in [0.25, 0.3) is 10.2 Å². The number of nitrogens with one attached hydrogen (secondary N) is 1. The summed E-state index contributed by atoms with van der Waals surface area (Å²) in [6.45, 7) is 1.27. The summed E-state index contributed by atoms with van der Waals surface area (Å²) in [6.07, 6.45) is 3.11. The van der Waals surface area contributed by atoms with E-state index in [0.717, 1.165) is 25.1 Å². The average molecular weight is 449 g/mol. The van der Waals surface area contributed by atoms with Crippen LogP contribution in [-0.2, 0) is 9.53 Å². The second-order valence-corrected chi connectivity index (χ2v) is 8.36. The van der Waals surface area contributed by atoms with E-state index in [1.807, 2.05) is 4.90 Å². The highest BCUT2D eigenvalue weighted by Crippen LogP contribution is 2.32. The number of piperidine rings is 1. The summed E-state index contributed by atoms with van der Waals surface area (Å²) < 4.78 is 18.8. The highest BCUT2D eigenvalue weighted by molar-refractivity contribution is 7.22. The number of pyridine rings is 1. The summed E-state index contributed by atoms with van der Waals surface area (Å²) in [5, 5.41) is 3.43. The van der Waals surface area contributed by atoms with Gasteiger partial charge in [-0.05, 0) is 37.1 Å². The molecule has 1 amide bonds. The molecule has 1 aromatic carbocycles. The minimum atomic E-state index is -0.505. The monoisotopic (exact) mass is 448 g/mol. The number of nitrogens with zero attached hydrogens (tertiary/aromatic N) is 3. The van der Waals surface area contributed by atoms with Crippen molar-refractivity contribution in [3.63, 3.8) is 0 Å². The number of benzene rings is 1. The standard InChI is InChI=1S/C20H18ClFN4O3S/c1-29-19(28)15-9-13(4-5-23-15)26-6-2-3-11(10-26)18(27)25-20-24-17-14(21)7-12(22)8-16(17)30-20/h4-5,7-9,11H,2-3,6,10H2,1H3,(H,24,25,27). The van der Waals surface area contributed by atoms with E-state index >= 15 is 0 Å². The smallest absolute Gasteiger partial charge is 0.356 e. The van der Waals surface area contributed by atoms with E-state index in [-0.39, 0.29) is 22.5 Å². The highest BCUT2D eigenvalue weighted by Gasteiger charge is 2.27. The van der Waals surface area contributed by atoms with Crippen LogP contribution < -0.4 is 10.2 Å². The number of methoxy groups -OCH3 is 1. The fourth-order valence-corrected chi connectivity index (χ4v) is 4.70. The molecule has 0 aliphatic carbocycles. The van der Waals surface area contributed by atoms with Crippen molar-refractivity contribution >= 4 is 55.8 Å². The van der Waals surface area contributed by atoms with Gasteiger partial charge in [-0.15, -0.1) is 0 Å². The van der Waals surface area contributed by atoms with Crippen molar-refractivity contribution in [1.29, 1.82) is 0 Å². The van der Waals surface area contributed by atoms with Crippen molar-refractivity contribution < 1.29 is 18.7 Å². The predicted molar refractivity (Wildman–Crippen MR) is 114 cm³/mol. The number of hydrogen-bond acceptors (Lipinski definition) is 7. The maximum absolute atomic E-state index is 13.5. The molecule has 1 N–H and O–H groups in total. The first-order chi connectivity index (χ1) is 14.4. The second-order valence-electron chi connectivity index (χ2n) is 6.92. The minimum Gasteiger partial charge on any atom is -0.464 e. The summed E-state index contributed by atoms with van der Waals surface area (Å²) >= 11 is 7.22. The van der Waals surface area contributed by atoms with Crippen LogP contribution in [0.2, 0.25) is 5.02 Å². The first kappa shape index (κ1) is 20.5. The molecule has 30 heavy (non-hydrogen) atoms. The van der Waals surface area contributed by atoms with Crippen LogP contribution >= 0.6 is 22.9 Å². The van der Waals surface area contributed by atoms with Gasteiger partial charge in [-0.3, -0.25) is 4.79 Å². The van der Waals surface area contributed by atoms with Gasteiger partial charge in [0.1, 0.15) is 17.0 Å². The van der Waals surface area contributed by atoms with Crippen molar-refractivity contribution in [2.24, 2.45) is 5.92 Å². The Bertz CT molecular complexity index is 1120. The number of hydrogen-bond donors (Lipinski definition) is 1. The summed E-state index contributed by atoms with van der Waals surface area (Å²) in [4.78, 5) is 35.0. The Labute approximate surface area is 180 Å². The number of amides is 1. The Morgan fingerprint density at radius 3 is 3.00 bits per heavy atom. The van der Waals surface area contributed by atoms with E-state index in [0.29, 0.717) is 21.9 Å².